The lowest BCUT2D eigenvalue weighted by Crippen LogP contribution is -2.49. The maximum atomic E-state index is 15.8. The molecule has 10 heteroatoms. The van der Waals surface area contributed by atoms with Crippen molar-refractivity contribution in [2.45, 2.75) is 22.5 Å². The smallest absolute Gasteiger partial charge is 0.268 e. The summed E-state index contributed by atoms with van der Waals surface area (Å²) in [4.78, 5) is 14.1. The first-order valence-corrected chi connectivity index (χ1v) is 12.5. The van der Waals surface area contributed by atoms with E-state index in [-0.39, 0.29) is 28.3 Å². The Morgan fingerprint density at radius 3 is 2.39 bits per heavy atom. The van der Waals surface area contributed by atoms with E-state index in [1.165, 1.54) is 54.6 Å². The molecule has 2 unspecified atom stereocenters. The van der Waals surface area contributed by atoms with Gasteiger partial charge in [-0.2, -0.15) is 5.10 Å². The van der Waals surface area contributed by atoms with Crippen LogP contribution in [-0.4, -0.2) is 34.7 Å². The lowest BCUT2D eigenvalue weighted by atomic mass is 9.97. The third-order valence-electron chi connectivity index (χ3n) is 6.27. The van der Waals surface area contributed by atoms with Gasteiger partial charge in [0.2, 0.25) is 20.9 Å². The highest BCUT2D eigenvalue weighted by Gasteiger charge is 2.60. The van der Waals surface area contributed by atoms with E-state index in [0.717, 1.165) is 4.90 Å². The molecule has 1 amide bonds. The Hall–Kier alpha value is -3.89. The van der Waals surface area contributed by atoms with Crippen LogP contribution in [0.5, 0.6) is 0 Å². The number of hydrogen-bond acceptors (Lipinski definition) is 5. The molecule has 0 saturated heterocycles. The predicted molar refractivity (Wildman–Crippen MR) is 129 cm³/mol. The van der Waals surface area contributed by atoms with Gasteiger partial charge in [-0.15, -0.1) is 0 Å². The van der Waals surface area contributed by atoms with Crippen molar-refractivity contribution in [1.29, 1.82) is 0 Å². The second-order valence-corrected chi connectivity index (χ2v) is 10.5. The molecule has 0 saturated carbocycles. The van der Waals surface area contributed by atoms with Crippen LogP contribution in [0.2, 0.25) is 0 Å². The molecule has 36 heavy (non-hydrogen) atoms. The number of anilines is 1. The number of alkyl halides is 1. The van der Waals surface area contributed by atoms with E-state index in [1.54, 1.807) is 42.3 Å². The zero-order chi connectivity index (χ0) is 25.7. The SMILES string of the molecule is Cn1cc(-c2ccc(CN3C(=O)C(O)(C(F)S(=O)(=O)c4ccccc4)c4ccccc43)c(F)c2)cn1. The van der Waals surface area contributed by atoms with E-state index in [4.69, 9.17) is 0 Å². The Kier molecular flexibility index (Phi) is 5.73. The van der Waals surface area contributed by atoms with E-state index in [0.29, 0.717) is 11.1 Å². The van der Waals surface area contributed by atoms with E-state index in [2.05, 4.69) is 5.10 Å². The Morgan fingerprint density at radius 1 is 1.03 bits per heavy atom. The number of amides is 1. The number of aromatic nitrogens is 2. The molecular formula is C26H21F2N3O4S. The number of sulfone groups is 1. The summed E-state index contributed by atoms with van der Waals surface area (Å²) >= 11 is 0. The van der Waals surface area contributed by atoms with Crippen molar-refractivity contribution in [2.75, 3.05) is 4.90 Å². The summed E-state index contributed by atoms with van der Waals surface area (Å²) < 4.78 is 58.4. The van der Waals surface area contributed by atoms with Gasteiger partial charge in [0.1, 0.15) is 5.82 Å². The number of para-hydroxylation sites is 1. The monoisotopic (exact) mass is 509 g/mol. The maximum absolute atomic E-state index is 15.8. The minimum Gasteiger partial charge on any atom is -0.372 e. The lowest BCUT2D eigenvalue weighted by molar-refractivity contribution is -0.139. The number of aryl methyl sites for hydroxylation is 1. The highest BCUT2D eigenvalue weighted by atomic mass is 32.2. The quantitative estimate of drug-likeness (QED) is 0.428. The van der Waals surface area contributed by atoms with Crippen molar-refractivity contribution in [2.24, 2.45) is 7.05 Å². The molecule has 1 aromatic heterocycles. The van der Waals surface area contributed by atoms with Crippen molar-refractivity contribution in [3.8, 4) is 11.1 Å². The molecule has 1 N–H and O–H groups in total. The molecular weight excluding hydrogens is 488 g/mol. The van der Waals surface area contributed by atoms with E-state index in [9.17, 15) is 18.3 Å². The zero-order valence-corrected chi connectivity index (χ0v) is 19.9. The minimum absolute atomic E-state index is 0.103. The molecule has 0 radical (unpaired) electrons. The minimum atomic E-state index is -4.74. The first-order chi connectivity index (χ1) is 17.1. The molecule has 2 atom stereocenters. The van der Waals surface area contributed by atoms with Gasteiger partial charge in [0.05, 0.1) is 23.3 Å². The standard InChI is InChI=1S/C26H21F2N3O4S/c1-30-15-19(14-29-30)17-11-12-18(22(27)13-17)16-31-23-10-6-5-9-21(23)26(33,25(31)32)24(28)36(34,35)20-7-3-2-4-8-20/h2-15,24,33H,16H2,1H3. The van der Waals surface area contributed by atoms with E-state index >= 15 is 8.78 Å². The summed E-state index contributed by atoms with van der Waals surface area (Å²) in [5, 5.41) is 15.4. The fourth-order valence-electron chi connectivity index (χ4n) is 4.39. The van der Waals surface area contributed by atoms with Gasteiger partial charge in [0.15, 0.2) is 0 Å². The average Bonchev–Trinajstić information content (AvgIpc) is 3.41. The maximum Gasteiger partial charge on any atom is 0.268 e. The van der Waals surface area contributed by atoms with Crippen LogP contribution in [0.1, 0.15) is 11.1 Å². The van der Waals surface area contributed by atoms with Crippen LogP contribution in [-0.2, 0) is 33.8 Å². The number of aliphatic hydroxyl groups is 1. The van der Waals surface area contributed by atoms with E-state index in [1.807, 2.05) is 0 Å². The molecule has 184 valence electrons. The zero-order valence-electron chi connectivity index (χ0n) is 19.0. The molecule has 0 spiro atoms. The number of rotatable bonds is 6. The van der Waals surface area contributed by atoms with Crippen LogP contribution in [0.25, 0.3) is 11.1 Å². The summed E-state index contributed by atoms with van der Waals surface area (Å²) in [7, 11) is -3.00. The molecule has 3 aromatic carbocycles. The van der Waals surface area contributed by atoms with Crippen molar-refractivity contribution in [3.05, 3.63) is 102 Å². The third kappa shape index (κ3) is 3.69. The third-order valence-corrected chi connectivity index (χ3v) is 8.08. The fraction of sp³-hybridized carbons (Fsp3) is 0.154. The molecule has 0 aliphatic carbocycles. The van der Waals surface area contributed by atoms with Gasteiger partial charge in [0, 0.05) is 29.9 Å². The molecule has 0 fully saturated rings. The van der Waals surface area contributed by atoms with Gasteiger partial charge in [-0.05, 0) is 29.8 Å². The van der Waals surface area contributed by atoms with Crippen LogP contribution >= 0.6 is 0 Å². The molecule has 7 nitrogen and oxygen atoms in total. The number of carbonyl (C=O) groups excluding carboxylic acids is 1. The van der Waals surface area contributed by atoms with Gasteiger partial charge >= 0.3 is 0 Å². The molecule has 1 aliphatic heterocycles. The second-order valence-electron chi connectivity index (χ2n) is 8.56. The van der Waals surface area contributed by atoms with Crippen LogP contribution in [0.3, 0.4) is 0 Å². The number of carbonyl (C=O) groups is 1. The molecule has 0 bridgehead atoms. The molecule has 4 aromatic rings. The highest BCUT2D eigenvalue weighted by molar-refractivity contribution is 7.92. The first kappa shape index (κ1) is 23.8. The number of nitrogens with zero attached hydrogens (tertiary/aromatic N) is 3. The molecule has 5 rings (SSSR count). The fourth-order valence-corrected chi connectivity index (χ4v) is 5.84. The van der Waals surface area contributed by atoms with Gasteiger partial charge in [-0.25, -0.2) is 17.2 Å². The Balaban J connectivity index is 1.52. The van der Waals surface area contributed by atoms with Crippen LogP contribution in [0.4, 0.5) is 14.5 Å². The highest BCUT2D eigenvalue weighted by Crippen LogP contribution is 2.46. The number of hydrogen-bond donors (Lipinski definition) is 1. The number of halogens is 2. The summed E-state index contributed by atoms with van der Waals surface area (Å²) in [6.45, 7) is -0.338. The van der Waals surface area contributed by atoms with Crippen molar-refractivity contribution in [3.63, 3.8) is 0 Å². The molecule has 1 aliphatic rings. The van der Waals surface area contributed by atoms with Gasteiger partial charge in [0.25, 0.3) is 5.91 Å². The van der Waals surface area contributed by atoms with Gasteiger partial charge in [-0.3, -0.25) is 9.48 Å². The lowest BCUT2D eigenvalue weighted by Gasteiger charge is -2.26. The average molecular weight is 510 g/mol. The van der Waals surface area contributed by atoms with Crippen LogP contribution in [0.15, 0.2) is 90.1 Å². The number of fused-ring (bicyclic) bond motifs is 1. The summed E-state index contributed by atoms with van der Waals surface area (Å²) in [5.74, 6) is -1.81. The Bertz CT molecular complexity index is 1570. The van der Waals surface area contributed by atoms with Gasteiger partial charge in [-0.1, -0.05) is 48.5 Å². The second kappa shape index (κ2) is 8.65. The number of benzene rings is 3. The van der Waals surface area contributed by atoms with Crippen molar-refractivity contribution >= 4 is 21.4 Å². The van der Waals surface area contributed by atoms with E-state index < -0.39 is 32.7 Å². The van der Waals surface area contributed by atoms with Gasteiger partial charge < -0.3 is 10.0 Å². The molecule has 2 heterocycles. The summed E-state index contributed by atoms with van der Waals surface area (Å²) in [6, 6.07) is 17.0. The topological polar surface area (TPSA) is 92.5 Å². The van der Waals surface area contributed by atoms with Crippen LogP contribution in [0, 0.1) is 5.82 Å². The predicted octanol–water partition coefficient (Wildman–Crippen LogP) is 3.73. The first-order valence-electron chi connectivity index (χ1n) is 11.0. The normalized spacial score (nSPS) is 18.3. The Labute approximate surface area is 206 Å². The Morgan fingerprint density at radius 2 is 1.72 bits per heavy atom. The van der Waals surface area contributed by atoms with Crippen molar-refractivity contribution in [1.82, 2.24) is 9.78 Å². The largest absolute Gasteiger partial charge is 0.372 e. The van der Waals surface area contributed by atoms with Crippen molar-refractivity contribution < 1.29 is 27.1 Å². The van der Waals surface area contributed by atoms with Crippen LogP contribution < -0.4 is 4.90 Å². The summed E-state index contributed by atoms with van der Waals surface area (Å²) in [6.07, 6.45) is 3.31. The summed E-state index contributed by atoms with van der Waals surface area (Å²) in [5.41, 5.74) is -4.70.